The van der Waals surface area contributed by atoms with E-state index in [1.165, 1.54) is 0 Å². The van der Waals surface area contributed by atoms with Crippen LogP contribution in [0.25, 0.3) is 0 Å². The van der Waals surface area contributed by atoms with Gasteiger partial charge in [0.1, 0.15) is 5.82 Å². The summed E-state index contributed by atoms with van der Waals surface area (Å²) in [5.74, 6) is -0.0191. The van der Waals surface area contributed by atoms with Crippen LogP contribution in [0.15, 0.2) is 12.1 Å². The molecule has 2 amide bonds. The van der Waals surface area contributed by atoms with Crippen molar-refractivity contribution >= 4 is 17.6 Å². The van der Waals surface area contributed by atoms with Crippen molar-refractivity contribution < 1.29 is 9.59 Å². The molecule has 0 aromatic carbocycles. The van der Waals surface area contributed by atoms with Gasteiger partial charge in [0.2, 0.25) is 5.91 Å². The van der Waals surface area contributed by atoms with Crippen LogP contribution in [-0.4, -0.2) is 41.6 Å². The van der Waals surface area contributed by atoms with Crippen LogP contribution in [0.1, 0.15) is 30.8 Å². The third kappa shape index (κ3) is 5.33. The van der Waals surface area contributed by atoms with Gasteiger partial charge in [0.25, 0.3) is 5.91 Å². The maximum absolute atomic E-state index is 11.7. The molecule has 3 N–H and O–H groups in total. The maximum Gasteiger partial charge on any atom is 0.272 e. The molecule has 0 fully saturated rings. The van der Waals surface area contributed by atoms with E-state index in [2.05, 4.69) is 26.1 Å². The van der Waals surface area contributed by atoms with Gasteiger partial charge in [-0.3, -0.25) is 9.59 Å². The van der Waals surface area contributed by atoms with Crippen molar-refractivity contribution in [2.45, 2.75) is 20.3 Å². The van der Waals surface area contributed by atoms with Crippen LogP contribution in [0.5, 0.6) is 0 Å². The molecule has 7 heteroatoms. The Morgan fingerprint density at radius 3 is 2.53 bits per heavy atom. The van der Waals surface area contributed by atoms with Crippen LogP contribution in [0.3, 0.4) is 0 Å². The van der Waals surface area contributed by atoms with E-state index in [-0.39, 0.29) is 18.1 Å². The van der Waals surface area contributed by atoms with Crippen LogP contribution in [0.4, 0.5) is 5.82 Å². The Kier molecular flexibility index (Phi) is 6.28. The lowest BCUT2D eigenvalue weighted by atomic mass is 10.3. The van der Waals surface area contributed by atoms with Crippen molar-refractivity contribution in [3.8, 4) is 0 Å². The van der Waals surface area contributed by atoms with Gasteiger partial charge in [0, 0.05) is 13.1 Å². The molecule has 0 bridgehead atoms. The van der Waals surface area contributed by atoms with Crippen LogP contribution < -0.4 is 16.0 Å². The van der Waals surface area contributed by atoms with E-state index in [0.717, 1.165) is 13.0 Å². The number of aromatic nitrogens is 2. The van der Waals surface area contributed by atoms with Crippen molar-refractivity contribution in [2.24, 2.45) is 0 Å². The SMILES string of the molecule is CCCNC(=O)CNC(=O)c1ccc(NCC)nn1. The molecule has 0 radical (unpaired) electrons. The Hall–Kier alpha value is -2.18. The molecule has 1 heterocycles. The largest absolute Gasteiger partial charge is 0.369 e. The molecule has 0 atom stereocenters. The lowest BCUT2D eigenvalue weighted by Crippen LogP contribution is -2.37. The van der Waals surface area contributed by atoms with Crippen molar-refractivity contribution in [3.63, 3.8) is 0 Å². The van der Waals surface area contributed by atoms with E-state index in [1.54, 1.807) is 12.1 Å². The predicted octanol–water partition coefficient (Wildman–Crippen LogP) is 0.164. The standard InChI is InChI=1S/C12H19N5O2/c1-3-7-14-11(18)8-15-12(19)9-5-6-10(13-4-2)17-16-9/h5-6H,3-4,7-8H2,1-2H3,(H,13,17)(H,14,18)(H,15,19). The highest BCUT2D eigenvalue weighted by atomic mass is 16.2. The van der Waals surface area contributed by atoms with Gasteiger partial charge in [0.15, 0.2) is 5.69 Å². The molecule has 0 saturated heterocycles. The summed E-state index contributed by atoms with van der Waals surface area (Å²) in [7, 11) is 0. The molecule has 0 aliphatic heterocycles. The summed E-state index contributed by atoms with van der Waals surface area (Å²) in [4.78, 5) is 23.0. The summed E-state index contributed by atoms with van der Waals surface area (Å²) in [5.41, 5.74) is 0.185. The first-order valence-electron chi connectivity index (χ1n) is 6.29. The van der Waals surface area contributed by atoms with E-state index in [4.69, 9.17) is 0 Å². The number of anilines is 1. The van der Waals surface area contributed by atoms with Gasteiger partial charge in [0.05, 0.1) is 6.54 Å². The van der Waals surface area contributed by atoms with Gasteiger partial charge < -0.3 is 16.0 Å². The molecule has 104 valence electrons. The second-order valence-corrected chi connectivity index (χ2v) is 3.87. The van der Waals surface area contributed by atoms with E-state index in [0.29, 0.717) is 12.4 Å². The monoisotopic (exact) mass is 265 g/mol. The van der Waals surface area contributed by atoms with Gasteiger partial charge >= 0.3 is 0 Å². The van der Waals surface area contributed by atoms with Gasteiger partial charge in [-0.1, -0.05) is 6.92 Å². The minimum atomic E-state index is -0.415. The maximum atomic E-state index is 11.7. The van der Waals surface area contributed by atoms with E-state index < -0.39 is 5.91 Å². The fraction of sp³-hybridized carbons (Fsp3) is 0.500. The number of carbonyl (C=O) groups is 2. The molecule has 1 aromatic rings. The summed E-state index contributed by atoms with van der Waals surface area (Å²) in [6, 6.07) is 3.23. The highest BCUT2D eigenvalue weighted by Crippen LogP contribution is 2.01. The molecule has 7 nitrogen and oxygen atoms in total. The molecule has 0 aliphatic rings. The number of carbonyl (C=O) groups excluding carboxylic acids is 2. The van der Waals surface area contributed by atoms with Crippen LogP contribution >= 0.6 is 0 Å². The fourth-order valence-electron chi connectivity index (χ4n) is 1.31. The zero-order valence-corrected chi connectivity index (χ0v) is 11.2. The minimum Gasteiger partial charge on any atom is -0.369 e. The number of rotatable bonds is 7. The number of hydrogen-bond acceptors (Lipinski definition) is 5. The van der Waals surface area contributed by atoms with Crippen LogP contribution in [0, 0.1) is 0 Å². The van der Waals surface area contributed by atoms with Crippen molar-refractivity contribution in [2.75, 3.05) is 25.0 Å². The lowest BCUT2D eigenvalue weighted by Gasteiger charge is -2.06. The highest BCUT2D eigenvalue weighted by molar-refractivity contribution is 5.94. The summed E-state index contributed by atoms with van der Waals surface area (Å²) in [6.45, 7) is 5.18. The van der Waals surface area contributed by atoms with Gasteiger partial charge in [-0.2, -0.15) is 0 Å². The zero-order valence-electron chi connectivity index (χ0n) is 11.2. The van der Waals surface area contributed by atoms with Crippen molar-refractivity contribution in [3.05, 3.63) is 17.8 Å². The van der Waals surface area contributed by atoms with E-state index >= 15 is 0 Å². The number of nitrogens with zero attached hydrogens (tertiary/aromatic N) is 2. The number of nitrogens with one attached hydrogen (secondary N) is 3. The average Bonchev–Trinajstić information content (AvgIpc) is 2.43. The molecule has 1 aromatic heterocycles. The Morgan fingerprint density at radius 1 is 1.16 bits per heavy atom. The van der Waals surface area contributed by atoms with Crippen LogP contribution in [-0.2, 0) is 4.79 Å². The molecule has 19 heavy (non-hydrogen) atoms. The second-order valence-electron chi connectivity index (χ2n) is 3.87. The summed E-state index contributed by atoms with van der Waals surface area (Å²) < 4.78 is 0. The Labute approximate surface area is 112 Å². The van der Waals surface area contributed by atoms with E-state index in [9.17, 15) is 9.59 Å². The van der Waals surface area contributed by atoms with E-state index in [1.807, 2.05) is 13.8 Å². The molecular formula is C12H19N5O2. The predicted molar refractivity (Wildman–Crippen MR) is 71.8 cm³/mol. The third-order valence-corrected chi connectivity index (χ3v) is 2.24. The first-order chi connectivity index (χ1) is 9.17. The Morgan fingerprint density at radius 2 is 1.95 bits per heavy atom. The Balaban J connectivity index is 2.42. The summed E-state index contributed by atoms with van der Waals surface area (Å²) in [6.07, 6.45) is 0.858. The Bertz CT molecular complexity index is 419. The number of amides is 2. The first-order valence-corrected chi connectivity index (χ1v) is 6.29. The molecule has 0 spiro atoms. The highest BCUT2D eigenvalue weighted by Gasteiger charge is 2.09. The summed E-state index contributed by atoms with van der Waals surface area (Å²) in [5, 5.41) is 15.8. The molecule has 0 saturated carbocycles. The minimum absolute atomic E-state index is 0.0600. The molecule has 0 aliphatic carbocycles. The molecular weight excluding hydrogens is 246 g/mol. The third-order valence-electron chi connectivity index (χ3n) is 2.24. The first kappa shape index (κ1) is 14.9. The zero-order chi connectivity index (χ0) is 14.1. The second kappa shape index (κ2) is 8.02. The van der Waals surface area contributed by atoms with Gasteiger partial charge in [-0.05, 0) is 25.5 Å². The normalized spacial score (nSPS) is 9.79. The van der Waals surface area contributed by atoms with Gasteiger partial charge in [-0.25, -0.2) is 0 Å². The topological polar surface area (TPSA) is 96.0 Å². The fourth-order valence-corrected chi connectivity index (χ4v) is 1.31. The summed E-state index contributed by atoms with van der Waals surface area (Å²) >= 11 is 0. The van der Waals surface area contributed by atoms with Crippen LogP contribution in [0.2, 0.25) is 0 Å². The van der Waals surface area contributed by atoms with Gasteiger partial charge in [-0.15, -0.1) is 10.2 Å². The quantitative estimate of drug-likeness (QED) is 0.653. The molecule has 1 rings (SSSR count). The smallest absolute Gasteiger partial charge is 0.272 e. The lowest BCUT2D eigenvalue weighted by molar-refractivity contribution is -0.120. The molecule has 0 unspecified atom stereocenters. The average molecular weight is 265 g/mol. The van der Waals surface area contributed by atoms with Crippen molar-refractivity contribution in [1.82, 2.24) is 20.8 Å². The van der Waals surface area contributed by atoms with Crippen molar-refractivity contribution in [1.29, 1.82) is 0 Å². The number of hydrogen-bond donors (Lipinski definition) is 3.